The van der Waals surface area contributed by atoms with Gasteiger partial charge in [-0.05, 0) is 109 Å². The van der Waals surface area contributed by atoms with Crippen LogP contribution in [0.2, 0.25) is 0 Å². The Morgan fingerprint density at radius 1 is 0.491 bits per heavy atom. The molecule has 53 heavy (non-hydrogen) atoms. The summed E-state index contributed by atoms with van der Waals surface area (Å²) in [6, 6.07) is 67.2. The first kappa shape index (κ1) is 32.9. The third kappa shape index (κ3) is 6.09. The number of rotatable bonds is 4. The number of benzene rings is 8. The lowest BCUT2D eigenvalue weighted by molar-refractivity contribution is 0.659. The SMILES string of the molecule is CC1(C)c2ccccc2-c2ccc(Cc3ccc(-c4ccc5c(c4)-c4ccc6ccccc6c4C(c4ccccc4)C5)cc3)cc21.Cc1ccccc1. The van der Waals surface area contributed by atoms with Crippen LogP contribution in [0.4, 0.5) is 0 Å². The fraction of sp³-hybridized carbons (Fsp3) is 0.132. The molecule has 1 atom stereocenters. The van der Waals surface area contributed by atoms with Crippen LogP contribution in [0.15, 0.2) is 182 Å². The fourth-order valence-corrected chi connectivity index (χ4v) is 8.83. The molecule has 0 amide bonds. The molecule has 2 aliphatic carbocycles. The predicted octanol–water partition coefficient (Wildman–Crippen LogP) is 13.8. The highest BCUT2D eigenvalue weighted by atomic mass is 14.4. The highest BCUT2D eigenvalue weighted by Gasteiger charge is 2.35. The smallest absolute Gasteiger partial charge is 0.0158 e. The van der Waals surface area contributed by atoms with Gasteiger partial charge in [-0.1, -0.05) is 195 Å². The molecule has 0 N–H and O–H groups in total. The Kier molecular flexibility index (Phi) is 8.40. The van der Waals surface area contributed by atoms with Gasteiger partial charge in [0.05, 0.1) is 0 Å². The van der Waals surface area contributed by atoms with Crippen molar-refractivity contribution < 1.29 is 0 Å². The van der Waals surface area contributed by atoms with Gasteiger partial charge < -0.3 is 0 Å². The van der Waals surface area contributed by atoms with Crippen LogP contribution in [0, 0.1) is 6.92 Å². The molecule has 0 radical (unpaired) electrons. The topological polar surface area (TPSA) is 0 Å². The summed E-state index contributed by atoms with van der Waals surface area (Å²) in [6.07, 6.45) is 1.95. The lowest BCUT2D eigenvalue weighted by Gasteiger charge is -2.30. The van der Waals surface area contributed by atoms with Gasteiger partial charge in [0.1, 0.15) is 0 Å². The average molecular weight is 681 g/mol. The Hall–Kier alpha value is -5.98. The van der Waals surface area contributed by atoms with E-state index in [2.05, 4.69) is 185 Å². The van der Waals surface area contributed by atoms with E-state index < -0.39 is 0 Å². The summed E-state index contributed by atoms with van der Waals surface area (Å²) in [6.45, 7) is 6.80. The van der Waals surface area contributed by atoms with Crippen molar-refractivity contribution in [2.75, 3.05) is 0 Å². The normalized spacial score (nSPS) is 14.7. The van der Waals surface area contributed by atoms with Gasteiger partial charge in [0.2, 0.25) is 0 Å². The summed E-state index contributed by atoms with van der Waals surface area (Å²) in [5, 5.41) is 2.68. The van der Waals surface area contributed by atoms with E-state index in [0.717, 1.165) is 12.8 Å². The lowest BCUT2D eigenvalue weighted by atomic mass is 9.73. The molecule has 256 valence electrons. The van der Waals surface area contributed by atoms with Gasteiger partial charge in [0.15, 0.2) is 0 Å². The molecule has 8 aromatic carbocycles. The van der Waals surface area contributed by atoms with Crippen molar-refractivity contribution in [2.45, 2.75) is 44.9 Å². The summed E-state index contributed by atoms with van der Waals surface area (Å²) < 4.78 is 0. The van der Waals surface area contributed by atoms with Crippen molar-refractivity contribution in [3.63, 3.8) is 0 Å². The molecule has 1 unspecified atom stereocenters. The third-order valence-electron chi connectivity index (χ3n) is 11.6. The summed E-state index contributed by atoms with van der Waals surface area (Å²) in [4.78, 5) is 0. The minimum atomic E-state index is 0.0320. The van der Waals surface area contributed by atoms with Crippen molar-refractivity contribution in [3.05, 3.63) is 226 Å². The van der Waals surface area contributed by atoms with Crippen molar-refractivity contribution in [1.29, 1.82) is 0 Å². The van der Waals surface area contributed by atoms with E-state index in [0.29, 0.717) is 5.92 Å². The average Bonchev–Trinajstić information content (AvgIpc) is 3.43. The van der Waals surface area contributed by atoms with E-state index in [4.69, 9.17) is 0 Å². The fourth-order valence-electron chi connectivity index (χ4n) is 8.83. The van der Waals surface area contributed by atoms with E-state index in [1.54, 1.807) is 0 Å². The molecule has 0 heteroatoms. The Bertz CT molecular complexity index is 2570. The molecular weight excluding hydrogens is 637 g/mol. The van der Waals surface area contributed by atoms with Crippen LogP contribution < -0.4 is 0 Å². The molecule has 0 heterocycles. The first-order valence-electron chi connectivity index (χ1n) is 19.0. The highest BCUT2D eigenvalue weighted by Crippen LogP contribution is 2.49. The summed E-state index contributed by atoms with van der Waals surface area (Å²) >= 11 is 0. The quantitative estimate of drug-likeness (QED) is 0.174. The van der Waals surface area contributed by atoms with Gasteiger partial charge in [0, 0.05) is 11.3 Å². The van der Waals surface area contributed by atoms with Crippen molar-refractivity contribution in [2.24, 2.45) is 0 Å². The Labute approximate surface area is 314 Å². The van der Waals surface area contributed by atoms with E-state index in [-0.39, 0.29) is 5.41 Å². The summed E-state index contributed by atoms with van der Waals surface area (Å²) in [5.74, 6) is 0.346. The monoisotopic (exact) mass is 680 g/mol. The maximum atomic E-state index is 2.44. The molecule has 0 spiro atoms. The molecule has 0 aromatic heterocycles. The van der Waals surface area contributed by atoms with Crippen LogP contribution in [0.3, 0.4) is 0 Å². The largest absolute Gasteiger partial charge is 0.0622 e. The van der Waals surface area contributed by atoms with Gasteiger partial charge in [-0.2, -0.15) is 0 Å². The lowest BCUT2D eigenvalue weighted by Crippen LogP contribution is -2.15. The predicted molar refractivity (Wildman–Crippen MR) is 225 cm³/mol. The maximum absolute atomic E-state index is 2.44. The van der Waals surface area contributed by atoms with E-state index in [9.17, 15) is 0 Å². The second-order valence-corrected chi connectivity index (χ2v) is 15.4. The van der Waals surface area contributed by atoms with Crippen molar-refractivity contribution in [3.8, 4) is 33.4 Å². The van der Waals surface area contributed by atoms with E-state index >= 15 is 0 Å². The minimum absolute atomic E-state index is 0.0320. The van der Waals surface area contributed by atoms with Crippen LogP contribution in [-0.2, 0) is 18.3 Å². The highest BCUT2D eigenvalue weighted by molar-refractivity contribution is 5.95. The maximum Gasteiger partial charge on any atom is 0.0158 e. The second-order valence-electron chi connectivity index (χ2n) is 15.4. The molecule has 0 saturated carbocycles. The molecule has 0 bridgehead atoms. The first-order valence-corrected chi connectivity index (χ1v) is 19.0. The zero-order valence-corrected chi connectivity index (χ0v) is 30.8. The van der Waals surface area contributed by atoms with E-state index in [1.807, 2.05) is 18.2 Å². The molecule has 0 aliphatic heterocycles. The van der Waals surface area contributed by atoms with Crippen molar-refractivity contribution >= 4 is 10.8 Å². The number of hydrogen-bond acceptors (Lipinski definition) is 0. The summed E-state index contributed by atoms with van der Waals surface area (Å²) in [5.41, 5.74) is 19.3. The van der Waals surface area contributed by atoms with Gasteiger partial charge in [-0.15, -0.1) is 0 Å². The van der Waals surface area contributed by atoms with Crippen LogP contribution >= 0.6 is 0 Å². The Balaban J connectivity index is 0.000000480. The van der Waals surface area contributed by atoms with Gasteiger partial charge in [-0.3, -0.25) is 0 Å². The van der Waals surface area contributed by atoms with Crippen LogP contribution in [0.5, 0.6) is 0 Å². The van der Waals surface area contributed by atoms with Gasteiger partial charge in [0.25, 0.3) is 0 Å². The van der Waals surface area contributed by atoms with Crippen molar-refractivity contribution in [1.82, 2.24) is 0 Å². The van der Waals surface area contributed by atoms with Gasteiger partial charge in [-0.25, -0.2) is 0 Å². The molecule has 0 saturated heterocycles. The summed E-state index contributed by atoms with van der Waals surface area (Å²) in [7, 11) is 0. The molecule has 0 nitrogen and oxygen atoms in total. The minimum Gasteiger partial charge on any atom is -0.0622 e. The second kappa shape index (κ2) is 13.5. The zero-order valence-electron chi connectivity index (χ0n) is 30.8. The first-order chi connectivity index (χ1) is 25.9. The number of aryl methyl sites for hydroxylation is 1. The molecule has 8 aromatic rings. The standard InChI is InChI=1S/C46H36.C7H8/c1-46(2)43-15-9-8-14-38(43)39-24-18-31(27-44(39)46)26-30-16-19-32(20-17-30)35-21-22-36-29-42(33-10-4-3-5-11-33)45-37-13-7-6-12-34(37)23-25-40(45)41(36)28-35;1-7-5-3-2-4-6-7/h3-25,27-28,42H,26,29H2,1-2H3;2-6H,1H3. The van der Waals surface area contributed by atoms with E-state index in [1.165, 1.54) is 88.7 Å². The molecular formula is C53H44. The number of fused-ring (bicyclic) bond motifs is 8. The number of hydrogen-bond donors (Lipinski definition) is 0. The van der Waals surface area contributed by atoms with Gasteiger partial charge >= 0.3 is 0 Å². The Morgan fingerprint density at radius 2 is 1.13 bits per heavy atom. The van der Waals surface area contributed by atoms with Crippen LogP contribution in [-0.4, -0.2) is 0 Å². The molecule has 2 aliphatic rings. The van der Waals surface area contributed by atoms with Crippen LogP contribution in [0.1, 0.15) is 64.3 Å². The zero-order chi connectivity index (χ0) is 35.9. The molecule has 10 rings (SSSR count). The third-order valence-corrected chi connectivity index (χ3v) is 11.6. The Morgan fingerprint density at radius 3 is 1.91 bits per heavy atom. The molecule has 0 fully saturated rings. The van der Waals surface area contributed by atoms with Crippen LogP contribution in [0.25, 0.3) is 44.2 Å².